The van der Waals surface area contributed by atoms with Crippen LogP contribution in [0.1, 0.15) is 16.3 Å². The Kier molecular flexibility index (Phi) is 2.56. The van der Waals surface area contributed by atoms with Gasteiger partial charge in [-0.05, 0) is 0 Å². The summed E-state index contributed by atoms with van der Waals surface area (Å²) >= 11 is 1.56. The predicted octanol–water partition coefficient (Wildman–Crippen LogP) is 0.822. The Morgan fingerprint density at radius 2 is 2.44 bits per heavy atom. The van der Waals surface area contributed by atoms with Crippen molar-refractivity contribution < 1.29 is 9.53 Å². The van der Waals surface area contributed by atoms with Gasteiger partial charge in [0.25, 0.3) is 5.82 Å². The predicted molar refractivity (Wildman–Crippen MR) is 63.5 cm³/mol. The molecule has 0 radical (unpaired) electrons. The second-order valence-corrected chi connectivity index (χ2v) is 4.46. The fourth-order valence-electron chi connectivity index (χ4n) is 1.57. The molecule has 3 heterocycles. The minimum Gasteiger partial charge on any atom is -0.463 e. The number of nitrogens with zero attached hydrogens (tertiary/aromatic N) is 5. The van der Waals surface area contributed by atoms with E-state index in [4.69, 9.17) is 0 Å². The summed E-state index contributed by atoms with van der Waals surface area (Å²) in [5.74, 6) is -0.488. The van der Waals surface area contributed by atoms with Gasteiger partial charge in [0.05, 0.1) is 19.3 Å². The summed E-state index contributed by atoms with van der Waals surface area (Å²) in [5.41, 5.74) is 0.864. The van der Waals surface area contributed by atoms with E-state index in [-0.39, 0.29) is 5.82 Å². The maximum atomic E-state index is 11.2. The summed E-state index contributed by atoms with van der Waals surface area (Å²) in [6.07, 6.45) is 5.35. The number of thiazole rings is 1. The monoisotopic (exact) mass is 263 g/mol. The Labute approximate surface area is 106 Å². The van der Waals surface area contributed by atoms with E-state index in [1.54, 1.807) is 16.0 Å². The van der Waals surface area contributed by atoms with Crippen LogP contribution in [-0.2, 0) is 11.3 Å². The molecule has 0 saturated carbocycles. The molecule has 0 saturated heterocycles. The van der Waals surface area contributed by atoms with Crippen LogP contribution in [0.15, 0.2) is 24.1 Å². The van der Waals surface area contributed by atoms with Crippen LogP contribution < -0.4 is 0 Å². The van der Waals surface area contributed by atoms with Crippen LogP contribution in [0.2, 0.25) is 0 Å². The highest BCUT2D eigenvalue weighted by molar-refractivity contribution is 7.15. The van der Waals surface area contributed by atoms with Crippen molar-refractivity contribution >= 4 is 22.3 Å². The zero-order chi connectivity index (χ0) is 12.5. The fraction of sp³-hybridized carbons (Fsp3) is 0.200. The number of methoxy groups -OCH3 is 1. The van der Waals surface area contributed by atoms with Gasteiger partial charge in [-0.3, -0.25) is 4.40 Å². The summed E-state index contributed by atoms with van der Waals surface area (Å²) in [5, 5.41) is 5.99. The number of aromatic nitrogens is 5. The Morgan fingerprint density at radius 1 is 1.56 bits per heavy atom. The quantitative estimate of drug-likeness (QED) is 0.654. The first-order valence-electron chi connectivity index (χ1n) is 5.15. The van der Waals surface area contributed by atoms with Crippen LogP contribution >= 0.6 is 11.3 Å². The topological polar surface area (TPSA) is 74.3 Å². The number of ether oxygens (including phenoxy) is 1. The summed E-state index contributed by atoms with van der Waals surface area (Å²) in [4.78, 5) is 20.4. The summed E-state index contributed by atoms with van der Waals surface area (Å²) < 4.78 is 8.04. The molecule has 0 spiro atoms. The normalized spacial score (nSPS) is 10.9. The zero-order valence-corrected chi connectivity index (χ0v) is 10.3. The summed E-state index contributed by atoms with van der Waals surface area (Å²) in [7, 11) is 1.30. The molecule has 0 aromatic carbocycles. The molecular weight excluding hydrogens is 254 g/mol. The molecule has 92 valence electrons. The molecule has 0 N–H and O–H groups in total. The van der Waals surface area contributed by atoms with Gasteiger partial charge >= 0.3 is 5.97 Å². The molecule has 3 aromatic heterocycles. The number of carbonyl (C=O) groups excluding carboxylic acids is 1. The Bertz CT molecular complexity index is 669. The number of hydrogen-bond donors (Lipinski definition) is 0. The van der Waals surface area contributed by atoms with E-state index in [1.165, 1.54) is 13.4 Å². The van der Waals surface area contributed by atoms with Crippen LogP contribution in [-0.4, -0.2) is 37.2 Å². The van der Waals surface area contributed by atoms with Gasteiger partial charge < -0.3 is 4.74 Å². The third kappa shape index (κ3) is 1.86. The molecule has 0 aliphatic heterocycles. The molecule has 0 unspecified atom stereocenters. The molecule has 18 heavy (non-hydrogen) atoms. The van der Waals surface area contributed by atoms with E-state index in [9.17, 15) is 4.79 Å². The largest absolute Gasteiger partial charge is 0.463 e. The molecule has 0 atom stereocenters. The zero-order valence-electron chi connectivity index (χ0n) is 9.48. The van der Waals surface area contributed by atoms with Crippen molar-refractivity contribution in [1.29, 1.82) is 0 Å². The van der Waals surface area contributed by atoms with Gasteiger partial charge in [-0.25, -0.2) is 19.4 Å². The minimum absolute atomic E-state index is 0.0542. The molecule has 7 nitrogen and oxygen atoms in total. The van der Waals surface area contributed by atoms with Crippen molar-refractivity contribution in [2.24, 2.45) is 0 Å². The molecule has 8 heteroatoms. The number of esters is 1. The van der Waals surface area contributed by atoms with E-state index < -0.39 is 5.97 Å². The molecule has 0 aliphatic rings. The lowest BCUT2D eigenvalue weighted by molar-refractivity contribution is 0.0586. The first-order valence-corrected chi connectivity index (χ1v) is 6.03. The smallest absolute Gasteiger partial charge is 0.377 e. The second-order valence-electron chi connectivity index (χ2n) is 3.58. The molecule has 0 aliphatic carbocycles. The maximum absolute atomic E-state index is 11.2. The van der Waals surface area contributed by atoms with E-state index in [1.807, 2.05) is 22.2 Å². The van der Waals surface area contributed by atoms with Gasteiger partial charge in [0.15, 0.2) is 4.96 Å². The van der Waals surface area contributed by atoms with E-state index in [2.05, 4.69) is 19.8 Å². The van der Waals surface area contributed by atoms with Crippen molar-refractivity contribution in [2.45, 2.75) is 6.54 Å². The third-order valence-corrected chi connectivity index (χ3v) is 3.14. The first-order chi connectivity index (χ1) is 8.76. The molecular formula is C10H9N5O2S. The van der Waals surface area contributed by atoms with Crippen LogP contribution in [0.25, 0.3) is 4.96 Å². The van der Waals surface area contributed by atoms with E-state index in [0.717, 1.165) is 10.7 Å². The van der Waals surface area contributed by atoms with Gasteiger partial charge in [-0.2, -0.15) is 0 Å². The Balaban J connectivity index is 1.82. The van der Waals surface area contributed by atoms with Gasteiger partial charge in [0.2, 0.25) is 0 Å². The highest BCUT2D eigenvalue weighted by Gasteiger charge is 2.12. The maximum Gasteiger partial charge on any atom is 0.377 e. The van der Waals surface area contributed by atoms with E-state index in [0.29, 0.717) is 6.54 Å². The molecule has 3 aromatic rings. The van der Waals surface area contributed by atoms with Crippen molar-refractivity contribution in [3.05, 3.63) is 35.6 Å². The van der Waals surface area contributed by atoms with Crippen molar-refractivity contribution in [2.75, 3.05) is 7.11 Å². The van der Waals surface area contributed by atoms with E-state index >= 15 is 0 Å². The van der Waals surface area contributed by atoms with Crippen LogP contribution in [0, 0.1) is 0 Å². The van der Waals surface area contributed by atoms with Gasteiger partial charge in [-0.15, -0.1) is 16.4 Å². The average Bonchev–Trinajstić information content (AvgIpc) is 3.03. The van der Waals surface area contributed by atoms with Crippen molar-refractivity contribution in [3.8, 4) is 0 Å². The van der Waals surface area contributed by atoms with Crippen molar-refractivity contribution in [1.82, 2.24) is 24.1 Å². The lowest BCUT2D eigenvalue weighted by atomic mass is 10.5. The standard InChI is InChI=1S/C10H9N5O2S/c1-17-9(16)8-11-6-15(13-8)5-7-4-14-2-3-18-10(14)12-7/h2-4,6H,5H2,1H3. The first kappa shape index (κ1) is 10.9. The minimum atomic E-state index is -0.542. The van der Waals surface area contributed by atoms with Crippen LogP contribution in [0.4, 0.5) is 0 Å². The number of rotatable bonds is 3. The summed E-state index contributed by atoms with van der Waals surface area (Å²) in [6, 6.07) is 0. The second kappa shape index (κ2) is 4.22. The number of imidazole rings is 1. The summed E-state index contributed by atoms with van der Waals surface area (Å²) in [6.45, 7) is 0.471. The molecule has 3 rings (SSSR count). The fourth-order valence-corrected chi connectivity index (χ4v) is 2.29. The average molecular weight is 263 g/mol. The SMILES string of the molecule is COC(=O)c1ncn(Cc2cn3ccsc3n2)n1. The Hall–Kier alpha value is -2.22. The molecule has 0 fully saturated rings. The van der Waals surface area contributed by atoms with Crippen LogP contribution in [0.5, 0.6) is 0 Å². The van der Waals surface area contributed by atoms with Gasteiger partial charge in [-0.1, -0.05) is 0 Å². The lowest BCUT2D eigenvalue weighted by Crippen LogP contribution is -2.06. The lowest BCUT2D eigenvalue weighted by Gasteiger charge is -1.95. The third-order valence-electron chi connectivity index (χ3n) is 2.37. The van der Waals surface area contributed by atoms with Crippen LogP contribution in [0.3, 0.4) is 0 Å². The number of carbonyl (C=O) groups is 1. The Morgan fingerprint density at radius 3 is 3.22 bits per heavy atom. The highest BCUT2D eigenvalue weighted by Crippen LogP contribution is 2.11. The van der Waals surface area contributed by atoms with Gasteiger partial charge in [0.1, 0.15) is 6.33 Å². The molecule has 0 bridgehead atoms. The highest BCUT2D eigenvalue weighted by atomic mass is 32.1. The number of fused-ring (bicyclic) bond motifs is 1. The van der Waals surface area contributed by atoms with Gasteiger partial charge in [0, 0.05) is 17.8 Å². The van der Waals surface area contributed by atoms with Crippen molar-refractivity contribution in [3.63, 3.8) is 0 Å². The number of hydrogen-bond acceptors (Lipinski definition) is 6. The molecule has 0 amide bonds.